The van der Waals surface area contributed by atoms with Crippen LogP contribution < -0.4 is 0 Å². The van der Waals surface area contributed by atoms with Crippen molar-refractivity contribution in [1.82, 2.24) is 0 Å². The molecule has 96 valence electrons. The lowest BCUT2D eigenvalue weighted by Crippen LogP contribution is -2.09. The number of rotatable bonds is 5. The van der Waals surface area contributed by atoms with Crippen LogP contribution in [-0.4, -0.2) is 12.6 Å². The molecule has 0 heterocycles. The van der Waals surface area contributed by atoms with Crippen LogP contribution >= 0.6 is 0 Å². The van der Waals surface area contributed by atoms with Gasteiger partial charge in [0.25, 0.3) is 0 Å². The van der Waals surface area contributed by atoms with Crippen LogP contribution in [0.3, 0.4) is 0 Å². The van der Waals surface area contributed by atoms with E-state index in [9.17, 15) is 4.79 Å². The number of carbonyl (C=O) groups excluding carboxylic acids is 1. The van der Waals surface area contributed by atoms with Crippen molar-refractivity contribution in [3.05, 3.63) is 22.8 Å². The van der Waals surface area contributed by atoms with Crippen molar-refractivity contribution in [1.29, 1.82) is 0 Å². The molecule has 0 amide bonds. The third kappa shape index (κ3) is 5.71. The van der Waals surface area contributed by atoms with Gasteiger partial charge in [0.2, 0.25) is 0 Å². The summed E-state index contributed by atoms with van der Waals surface area (Å²) >= 11 is 0. The van der Waals surface area contributed by atoms with Gasteiger partial charge in [0.05, 0.1) is 0 Å². The fourth-order valence-electron chi connectivity index (χ4n) is 2.23. The van der Waals surface area contributed by atoms with Crippen molar-refractivity contribution < 1.29 is 9.53 Å². The van der Waals surface area contributed by atoms with Gasteiger partial charge in [-0.2, -0.15) is 0 Å². The number of hydrogen-bond acceptors (Lipinski definition) is 2. The molecule has 0 aromatic rings. The van der Waals surface area contributed by atoms with Crippen molar-refractivity contribution >= 4 is 5.97 Å². The molecule has 0 radical (unpaired) electrons. The molecular formula is C15H24O2. The molecule has 0 bridgehead atoms. The fourth-order valence-corrected chi connectivity index (χ4v) is 2.23. The summed E-state index contributed by atoms with van der Waals surface area (Å²) < 4.78 is 5.13. The SMILES string of the molecule is CC(=O)OCC1=C(CCC=C(C)C)CCCC1. The summed E-state index contributed by atoms with van der Waals surface area (Å²) in [6.45, 7) is 6.26. The number of hydrogen-bond donors (Lipinski definition) is 0. The average molecular weight is 236 g/mol. The molecule has 0 atom stereocenters. The second-order valence-electron chi connectivity index (χ2n) is 5.01. The molecule has 0 unspecified atom stereocenters. The van der Waals surface area contributed by atoms with Gasteiger partial charge in [-0.25, -0.2) is 0 Å². The predicted molar refractivity (Wildman–Crippen MR) is 70.8 cm³/mol. The van der Waals surface area contributed by atoms with Crippen LogP contribution in [0.1, 0.15) is 59.3 Å². The van der Waals surface area contributed by atoms with Crippen LogP contribution in [0.2, 0.25) is 0 Å². The molecule has 1 rings (SSSR count). The van der Waals surface area contributed by atoms with Gasteiger partial charge < -0.3 is 4.74 Å². The molecule has 0 aromatic heterocycles. The smallest absolute Gasteiger partial charge is 0.302 e. The average Bonchev–Trinajstić information content (AvgIpc) is 2.27. The van der Waals surface area contributed by atoms with Crippen LogP contribution in [0.5, 0.6) is 0 Å². The molecular weight excluding hydrogens is 212 g/mol. The highest BCUT2D eigenvalue weighted by molar-refractivity contribution is 5.66. The highest BCUT2D eigenvalue weighted by Crippen LogP contribution is 2.28. The van der Waals surface area contributed by atoms with Crippen molar-refractivity contribution in [2.45, 2.75) is 59.3 Å². The molecule has 0 aromatic carbocycles. The lowest BCUT2D eigenvalue weighted by molar-refractivity contribution is -0.140. The molecule has 0 saturated carbocycles. The Morgan fingerprint density at radius 2 is 1.82 bits per heavy atom. The fraction of sp³-hybridized carbons (Fsp3) is 0.667. The summed E-state index contributed by atoms with van der Waals surface area (Å²) in [5, 5.41) is 0. The summed E-state index contributed by atoms with van der Waals surface area (Å²) in [6.07, 6.45) is 9.34. The Morgan fingerprint density at radius 1 is 1.18 bits per heavy atom. The highest BCUT2D eigenvalue weighted by atomic mass is 16.5. The van der Waals surface area contributed by atoms with Gasteiger partial charge in [0, 0.05) is 6.92 Å². The van der Waals surface area contributed by atoms with Gasteiger partial charge in [0.15, 0.2) is 0 Å². The molecule has 0 spiro atoms. The molecule has 2 nitrogen and oxygen atoms in total. The Kier molecular flexibility index (Phi) is 6.03. The first kappa shape index (κ1) is 14.0. The Bertz CT molecular complexity index is 320. The van der Waals surface area contributed by atoms with Crippen LogP contribution in [0.15, 0.2) is 22.8 Å². The van der Waals surface area contributed by atoms with Crippen LogP contribution in [0.4, 0.5) is 0 Å². The normalized spacial score (nSPS) is 15.7. The van der Waals surface area contributed by atoms with Crippen LogP contribution in [0.25, 0.3) is 0 Å². The maximum absolute atomic E-state index is 10.8. The monoisotopic (exact) mass is 236 g/mol. The van der Waals surface area contributed by atoms with Gasteiger partial charge in [-0.05, 0) is 57.9 Å². The molecule has 1 aliphatic rings. The third-order valence-corrected chi connectivity index (χ3v) is 3.16. The van der Waals surface area contributed by atoms with E-state index in [1.54, 1.807) is 0 Å². The van der Waals surface area contributed by atoms with Crippen LogP contribution in [-0.2, 0) is 9.53 Å². The Morgan fingerprint density at radius 3 is 2.41 bits per heavy atom. The minimum atomic E-state index is -0.174. The first-order valence-electron chi connectivity index (χ1n) is 6.56. The molecule has 0 saturated heterocycles. The molecule has 0 fully saturated rings. The first-order valence-corrected chi connectivity index (χ1v) is 6.56. The van der Waals surface area contributed by atoms with E-state index >= 15 is 0 Å². The maximum Gasteiger partial charge on any atom is 0.302 e. The zero-order valence-corrected chi connectivity index (χ0v) is 11.3. The lowest BCUT2D eigenvalue weighted by atomic mass is 9.89. The van der Waals surface area contributed by atoms with Crippen molar-refractivity contribution in [2.24, 2.45) is 0 Å². The van der Waals surface area contributed by atoms with Gasteiger partial charge in [0.1, 0.15) is 6.61 Å². The van der Waals surface area contributed by atoms with E-state index in [1.807, 2.05) is 0 Å². The molecule has 17 heavy (non-hydrogen) atoms. The van der Waals surface area contributed by atoms with Crippen molar-refractivity contribution in [2.75, 3.05) is 6.61 Å². The van der Waals surface area contributed by atoms with Crippen molar-refractivity contribution in [3.8, 4) is 0 Å². The second-order valence-corrected chi connectivity index (χ2v) is 5.01. The Balaban J connectivity index is 2.54. The number of carbonyl (C=O) groups is 1. The second kappa shape index (κ2) is 7.31. The lowest BCUT2D eigenvalue weighted by Gasteiger charge is -2.20. The largest absolute Gasteiger partial charge is 0.461 e. The minimum Gasteiger partial charge on any atom is -0.461 e. The number of ether oxygens (including phenoxy) is 1. The van der Waals surface area contributed by atoms with E-state index < -0.39 is 0 Å². The van der Waals surface area contributed by atoms with Gasteiger partial charge in [-0.3, -0.25) is 4.79 Å². The topological polar surface area (TPSA) is 26.3 Å². The standard InChI is InChI=1S/C15H24O2/c1-12(2)7-6-10-14-8-4-5-9-15(14)11-17-13(3)16/h7H,4-6,8-11H2,1-3H3. The van der Waals surface area contributed by atoms with Gasteiger partial charge in [-0.1, -0.05) is 17.2 Å². The quantitative estimate of drug-likeness (QED) is 0.529. The summed E-state index contributed by atoms with van der Waals surface area (Å²) in [6, 6.07) is 0. The van der Waals surface area contributed by atoms with Gasteiger partial charge >= 0.3 is 5.97 Å². The molecule has 0 N–H and O–H groups in total. The zero-order valence-electron chi connectivity index (χ0n) is 11.3. The Hall–Kier alpha value is -1.05. The van der Waals surface area contributed by atoms with Gasteiger partial charge in [-0.15, -0.1) is 0 Å². The minimum absolute atomic E-state index is 0.174. The van der Waals surface area contributed by atoms with Crippen molar-refractivity contribution in [3.63, 3.8) is 0 Å². The van der Waals surface area contributed by atoms with Crippen LogP contribution in [0, 0.1) is 0 Å². The maximum atomic E-state index is 10.8. The summed E-state index contributed by atoms with van der Waals surface area (Å²) in [5.41, 5.74) is 4.27. The highest BCUT2D eigenvalue weighted by Gasteiger charge is 2.13. The number of allylic oxidation sites excluding steroid dienone is 3. The van der Waals surface area contributed by atoms with E-state index in [-0.39, 0.29) is 5.97 Å². The van der Waals surface area contributed by atoms with E-state index in [2.05, 4.69) is 19.9 Å². The summed E-state index contributed by atoms with van der Waals surface area (Å²) in [7, 11) is 0. The summed E-state index contributed by atoms with van der Waals surface area (Å²) in [4.78, 5) is 10.8. The molecule has 1 aliphatic carbocycles. The van der Waals surface area contributed by atoms with E-state index in [0.717, 1.165) is 19.3 Å². The molecule has 0 aliphatic heterocycles. The Labute approximate surface area is 105 Å². The van der Waals surface area contributed by atoms with E-state index in [1.165, 1.54) is 42.9 Å². The summed E-state index contributed by atoms with van der Waals surface area (Å²) in [5.74, 6) is -0.174. The third-order valence-electron chi connectivity index (χ3n) is 3.16. The number of esters is 1. The predicted octanol–water partition coefficient (Wildman–Crippen LogP) is 4.17. The molecule has 2 heteroatoms. The van der Waals surface area contributed by atoms with E-state index in [4.69, 9.17) is 4.74 Å². The van der Waals surface area contributed by atoms with E-state index in [0.29, 0.717) is 6.61 Å². The zero-order chi connectivity index (χ0) is 12.7. The first-order chi connectivity index (χ1) is 8.09.